The molecule has 0 aromatic heterocycles. The molecule has 0 rings (SSSR count). The van der Waals surface area contributed by atoms with Crippen LogP contribution in [0.4, 0.5) is 0 Å². The lowest BCUT2D eigenvalue weighted by Gasteiger charge is -2.13. The number of aliphatic imine (C=N–C) groups is 1. The van der Waals surface area contributed by atoms with Crippen molar-refractivity contribution in [3.63, 3.8) is 0 Å². The maximum Gasteiger partial charge on any atom is 0.0255 e. The SMILES string of the molecule is CC=N/C=C(\C)C(CC)CCC. The highest BCUT2D eigenvalue weighted by Gasteiger charge is 2.05. The molecule has 0 aliphatic rings. The zero-order valence-corrected chi connectivity index (χ0v) is 8.80. The molecule has 0 fully saturated rings. The molecule has 0 aromatic carbocycles. The van der Waals surface area contributed by atoms with Crippen LogP contribution in [0.15, 0.2) is 16.8 Å². The highest BCUT2D eigenvalue weighted by Crippen LogP contribution is 2.19. The fourth-order valence-electron chi connectivity index (χ4n) is 1.40. The van der Waals surface area contributed by atoms with E-state index in [1.807, 2.05) is 19.3 Å². The predicted octanol–water partition coefficient (Wildman–Crippen LogP) is 3.81. The molecule has 70 valence electrons. The second-order valence-corrected chi connectivity index (χ2v) is 3.17. The molecule has 0 radical (unpaired) electrons. The number of nitrogens with zero attached hydrogens (tertiary/aromatic N) is 1. The van der Waals surface area contributed by atoms with E-state index < -0.39 is 0 Å². The van der Waals surface area contributed by atoms with Crippen LogP contribution in [0.5, 0.6) is 0 Å². The first-order chi connectivity index (χ1) is 5.76. The van der Waals surface area contributed by atoms with Gasteiger partial charge in [0, 0.05) is 12.4 Å². The van der Waals surface area contributed by atoms with E-state index in [1.165, 1.54) is 24.8 Å². The van der Waals surface area contributed by atoms with Gasteiger partial charge in [0.2, 0.25) is 0 Å². The lowest BCUT2D eigenvalue weighted by molar-refractivity contribution is 0.533. The van der Waals surface area contributed by atoms with Gasteiger partial charge >= 0.3 is 0 Å². The molecule has 0 amide bonds. The van der Waals surface area contributed by atoms with E-state index in [4.69, 9.17) is 0 Å². The van der Waals surface area contributed by atoms with Gasteiger partial charge in [0.05, 0.1) is 0 Å². The Labute approximate surface area is 76.6 Å². The van der Waals surface area contributed by atoms with Crippen LogP contribution in [0.3, 0.4) is 0 Å². The summed E-state index contributed by atoms with van der Waals surface area (Å²) in [6.45, 7) is 8.60. The van der Waals surface area contributed by atoms with Gasteiger partial charge in [-0.15, -0.1) is 0 Å². The average molecular weight is 167 g/mol. The van der Waals surface area contributed by atoms with Gasteiger partial charge in [-0.3, -0.25) is 4.99 Å². The Bertz CT molecular complexity index is 156. The Kier molecular flexibility index (Phi) is 6.73. The maximum absolute atomic E-state index is 4.14. The summed E-state index contributed by atoms with van der Waals surface area (Å²) in [6.07, 6.45) is 7.61. The van der Waals surface area contributed by atoms with Crippen LogP contribution >= 0.6 is 0 Å². The molecule has 0 heterocycles. The standard InChI is InChI=1S/C11H21N/c1-5-8-11(6-2)10(4)9-12-7-3/h7,9,11H,5-6,8H2,1-4H3/b10-9+,12-7?. The first-order valence-electron chi connectivity index (χ1n) is 4.90. The van der Waals surface area contributed by atoms with Gasteiger partial charge in [0.25, 0.3) is 0 Å². The number of allylic oxidation sites excluding steroid dienone is 1. The molecular weight excluding hydrogens is 146 g/mol. The molecule has 12 heavy (non-hydrogen) atoms. The summed E-state index contributed by atoms with van der Waals surface area (Å²) in [7, 11) is 0. The summed E-state index contributed by atoms with van der Waals surface area (Å²) in [4.78, 5) is 4.14. The molecule has 1 heteroatoms. The highest BCUT2D eigenvalue weighted by atomic mass is 14.7. The first-order valence-corrected chi connectivity index (χ1v) is 4.90. The third-order valence-electron chi connectivity index (χ3n) is 2.20. The van der Waals surface area contributed by atoms with Crippen molar-refractivity contribution in [3.05, 3.63) is 11.8 Å². The molecule has 1 atom stereocenters. The Morgan fingerprint density at radius 1 is 1.42 bits per heavy atom. The van der Waals surface area contributed by atoms with Gasteiger partial charge < -0.3 is 0 Å². The summed E-state index contributed by atoms with van der Waals surface area (Å²) in [5, 5.41) is 0. The Hall–Kier alpha value is -0.590. The first kappa shape index (κ1) is 11.4. The van der Waals surface area contributed by atoms with Gasteiger partial charge in [-0.2, -0.15) is 0 Å². The molecule has 0 spiro atoms. The largest absolute Gasteiger partial charge is 0.269 e. The molecule has 1 nitrogen and oxygen atoms in total. The van der Waals surface area contributed by atoms with Crippen molar-refractivity contribution in [1.82, 2.24) is 0 Å². The summed E-state index contributed by atoms with van der Waals surface area (Å²) in [6, 6.07) is 0. The van der Waals surface area contributed by atoms with Gasteiger partial charge in [-0.25, -0.2) is 0 Å². The average Bonchev–Trinajstić information content (AvgIpc) is 2.10. The maximum atomic E-state index is 4.14. The second kappa shape index (κ2) is 7.08. The fraction of sp³-hybridized carbons (Fsp3) is 0.727. The molecule has 0 aliphatic heterocycles. The van der Waals surface area contributed by atoms with Crippen LogP contribution < -0.4 is 0 Å². The third kappa shape index (κ3) is 4.32. The summed E-state index contributed by atoms with van der Waals surface area (Å²) in [5.74, 6) is 0.735. The van der Waals surface area contributed by atoms with Crippen LogP contribution in [0.25, 0.3) is 0 Å². The number of rotatable bonds is 5. The Balaban J connectivity index is 4.09. The van der Waals surface area contributed by atoms with Crippen LogP contribution in [-0.4, -0.2) is 6.21 Å². The van der Waals surface area contributed by atoms with Gasteiger partial charge in [0.1, 0.15) is 0 Å². The molecule has 1 unspecified atom stereocenters. The minimum atomic E-state index is 0.735. The van der Waals surface area contributed by atoms with Crippen molar-refractivity contribution in [1.29, 1.82) is 0 Å². The predicted molar refractivity (Wildman–Crippen MR) is 56.6 cm³/mol. The Morgan fingerprint density at radius 3 is 2.50 bits per heavy atom. The third-order valence-corrected chi connectivity index (χ3v) is 2.20. The van der Waals surface area contributed by atoms with Crippen molar-refractivity contribution < 1.29 is 0 Å². The highest BCUT2D eigenvalue weighted by molar-refractivity contribution is 5.54. The van der Waals surface area contributed by atoms with Gasteiger partial charge in [-0.05, 0) is 32.6 Å². The summed E-state index contributed by atoms with van der Waals surface area (Å²) in [5.41, 5.74) is 1.41. The number of hydrogen-bond acceptors (Lipinski definition) is 1. The van der Waals surface area contributed by atoms with E-state index >= 15 is 0 Å². The van der Waals surface area contributed by atoms with E-state index in [2.05, 4.69) is 25.8 Å². The molecule has 0 N–H and O–H groups in total. The van der Waals surface area contributed by atoms with Crippen LogP contribution in [0.1, 0.15) is 47.0 Å². The monoisotopic (exact) mass is 167 g/mol. The van der Waals surface area contributed by atoms with Crippen molar-refractivity contribution >= 4 is 6.21 Å². The summed E-state index contributed by atoms with van der Waals surface area (Å²) < 4.78 is 0. The molecular formula is C11H21N. The lowest BCUT2D eigenvalue weighted by atomic mass is 9.94. The molecule has 0 saturated heterocycles. The molecule has 0 aromatic rings. The zero-order chi connectivity index (χ0) is 9.40. The van der Waals surface area contributed by atoms with Crippen molar-refractivity contribution in [2.75, 3.05) is 0 Å². The van der Waals surface area contributed by atoms with E-state index in [-0.39, 0.29) is 0 Å². The lowest BCUT2D eigenvalue weighted by Crippen LogP contribution is -1.99. The van der Waals surface area contributed by atoms with Gasteiger partial charge in [-0.1, -0.05) is 25.8 Å². The fourth-order valence-corrected chi connectivity index (χ4v) is 1.40. The summed E-state index contributed by atoms with van der Waals surface area (Å²) >= 11 is 0. The Morgan fingerprint density at radius 2 is 2.08 bits per heavy atom. The quantitative estimate of drug-likeness (QED) is 0.552. The van der Waals surface area contributed by atoms with Crippen molar-refractivity contribution in [2.24, 2.45) is 10.9 Å². The van der Waals surface area contributed by atoms with E-state index in [9.17, 15) is 0 Å². The van der Waals surface area contributed by atoms with Crippen molar-refractivity contribution in [2.45, 2.75) is 47.0 Å². The topological polar surface area (TPSA) is 12.4 Å². The molecule has 0 saturated carbocycles. The van der Waals surface area contributed by atoms with E-state index in [0.717, 1.165) is 5.92 Å². The zero-order valence-electron chi connectivity index (χ0n) is 8.80. The van der Waals surface area contributed by atoms with E-state index in [0.29, 0.717) is 0 Å². The van der Waals surface area contributed by atoms with Crippen LogP contribution in [0.2, 0.25) is 0 Å². The molecule has 0 bridgehead atoms. The molecule has 0 aliphatic carbocycles. The number of hydrogen-bond donors (Lipinski definition) is 0. The van der Waals surface area contributed by atoms with Crippen LogP contribution in [0, 0.1) is 5.92 Å². The smallest absolute Gasteiger partial charge is 0.0255 e. The normalized spacial score (nSPS) is 15.5. The van der Waals surface area contributed by atoms with Crippen LogP contribution in [-0.2, 0) is 0 Å². The second-order valence-electron chi connectivity index (χ2n) is 3.17. The van der Waals surface area contributed by atoms with E-state index in [1.54, 1.807) is 0 Å². The van der Waals surface area contributed by atoms with Crippen molar-refractivity contribution in [3.8, 4) is 0 Å². The minimum Gasteiger partial charge on any atom is -0.269 e. The minimum absolute atomic E-state index is 0.735. The van der Waals surface area contributed by atoms with Gasteiger partial charge in [0.15, 0.2) is 0 Å².